The Morgan fingerprint density at radius 1 is 1.18 bits per heavy atom. The second-order valence-corrected chi connectivity index (χ2v) is 7.34. The molecule has 0 saturated heterocycles. The van der Waals surface area contributed by atoms with E-state index in [1.165, 1.54) is 13.1 Å². The zero-order valence-corrected chi connectivity index (χ0v) is 16.2. The lowest BCUT2D eigenvalue weighted by molar-refractivity contribution is 0.0858. The van der Waals surface area contributed by atoms with Crippen LogP contribution in [-0.4, -0.2) is 41.2 Å². The first-order valence-corrected chi connectivity index (χ1v) is 9.55. The highest BCUT2D eigenvalue weighted by molar-refractivity contribution is 6.30. The zero-order chi connectivity index (χ0) is 20.3. The van der Waals surface area contributed by atoms with Gasteiger partial charge in [-0.15, -0.1) is 0 Å². The molecule has 1 heterocycles. The van der Waals surface area contributed by atoms with Gasteiger partial charge in [0, 0.05) is 24.2 Å². The molecule has 1 aromatic carbocycles. The second-order valence-electron chi connectivity index (χ2n) is 6.90. The number of carbonyl (C=O) groups is 2. The molecule has 150 valence electrons. The minimum Gasteiger partial charge on any atom is -0.452 e. The third-order valence-electron chi connectivity index (χ3n) is 4.90. The number of hydrogen-bond acceptors (Lipinski definition) is 5. The summed E-state index contributed by atoms with van der Waals surface area (Å²) in [5.74, 6) is -1.02. The summed E-state index contributed by atoms with van der Waals surface area (Å²) in [6.45, 7) is 0. The van der Waals surface area contributed by atoms with Crippen molar-refractivity contribution < 1.29 is 24.2 Å². The molecule has 3 rings (SSSR count). The lowest BCUT2D eigenvalue weighted by Gasteiger charge is -2.26. The molecule has 28 heavy (non-hydrogen) atoms. The third-order valence-corrected chi connectivity index (χ3v) is 5.14. The van der Waals surface area contributed by atoms with Gasteiger partial charge in [0.1, 0.15) is 6.10 Å². The van der Waals surface area contributed by atoms with Crippen LogP contribution in [0.1, 0.15) is 64.0 Å². The van der Waals surface area contributed by atoms with Crippen LogP contribution >= 0.6 is 11.6 Å². The molecule has 1 atom stereocenters. The van der Waals surface area contributed by atoms with E-state index in [2.05, 4.69) is 10.6 Å². The van der Waals surface area contributed by atoms with Crippen molar-refractivity contribution in [2.45, 2.75) is 43.9 Å². The Balaban J connectivity index is 1.89. The molecular formula is C20H23ClN2O5. The maximum Gasteiger partial charge on any atom is 0.286 e. The molecule has 4 N–H and O–H groups in total. The molecule has 0 spiro atoms. The van der Waals surface area contributed by atoms with Crippen LogP contribution < -0.4 is 10.6 Å². The number of rotatable bonds is 5. The molecule has 1 aromatic heterocycles. The van der Waals surface area contributed by atoms with Crippen LogP contribution in [0.5, 0.6) is 0 Å². The number of nitrogens with one attached hydrogen (secondary N) is 2. The number of aliphatic hydroxyl groups excluding tert-OH is 2. The van der Waals surface area contributed by atoms with Gasteiger partial charge in [0.2, 0.25) is 0 Å². The highest BCUT2D eigenvalue weighted by Crippen LogP contribution is 2.30. The Labute approximate surface area is 167 Å². The largest absolute Gasteiger partial charge is 0.452 e. The summed E-state index contributed by atoms with van der Waals surface area (Å²) in [7, 11) is 1.45. The molecule has 1 saturated carbocycles. The number of aliphatic hydroxyl groups is 2. The number of amides is 2. The first kappa shape index (κ1) is 20.4. The number of halogens is 1. The quantitative estimate of drug-likeness (QED) is 0.609. The normalized spacial score (nSPS) is 20.4. The minimum atomic E-state index is -1.26. The van der Waals surface area contributed by atoms with Crippen molar-refractivity contribution in [3.8, 4) is 0 Å². The van der Waals surface area contributed by atoms with Crippen LogP contribution in [0.25, 0.3) is 0 Å². The van der Waals surface area contributed by atoms with Crippen LogP contribution in [0.15, 0.2) is 34.7 Å². The van der Waals surface area contributed by atoms with Gasteiger partial charge in [-0.25, -0.2) is 0 Å². The van der Waals surface area contributed by atoms with Gasteiger partial charge < -0.3 is 25.3 Å². The van der Waals surface area contributed by atoms with Crippen LogP contribution in [-0.2, 0) is 0 Å². The van der Waals surface area contributed by atoms with E-state index in [9.17, 15) is 19.8 Å². The van der Waals surface area contributed by atoms with E-state index in [0.717, 1.165) is 0 Å². The van der Waals surface area contributed by atoms with E-state index in [1.54, 1.807) is 24.3 Å². The van der Waals surface area contributed by atoms with Crippen LogP contribution in [0.3, 0.4) is 0 Å². The first-order chi connectivity index (χ1) is 13.4. The zero-order valence-electron chi connectivity index (χ0n) is 15.4. The molecule has 2 aromatic rings. The summed E-state index contributed by atoms with van der Waals surface area (Å²) in [6.07, 6.45) is 0.988. The second kappa shape index (κ2) is 8.77. The standard InChI is InChI=1S/C20H23ClN2O5/c1-22-20(27)16-10-15(19(26)23-13-5-7-14(24)8-6-13)18(28-16)17(25)11-3-2-4-12(21)9-11/h2-4,9-10,13-14,17,24-25H,5-8H2,1H3,(H,22,27)(H,23,26)/t13-,14-,17?. The number of furan rings is 1. The van der Waals surface area contributed by atoms with Crippen LogP contribution in [0.2, 0.25) is 5.02 Å². The van der Waals surface area contributed by atoms with Gasteiger partial charge in [-0.1, -0.05) is 23.7 Å². The van der Waals surface area contributed by atoms with Crippen molar-refractivity contribution in [1.29, 1.82) is 0 Å². The first-order valence-electron chi connectivity index (χ1n) is 9.17. The molecule has 1 unspecified atom stereocenters. The Hall–Kier alpha value is -2.35. The monoisotopic (exact) mass is 406 g/mol. The lowest BCUT2D eigenvalue weighted by Crippen LogP contribution is -2.38. The smallest absolute Gasteiger partial charge is 0.286 e. The van der Waals surface area contributed by atoms with Crippen LogP contribution in [0.4, 0.5) is 0 Å². The van der Waals surface area contributed by atoms with Gasteiger partial charge in [0.15, 0.2) is 11.5 Å². The summed E-state index contributed by atoms with van der Waals surface area (Å²) in [6, 6.07) is 7.82. The van der Waals surface area contributed by atoms with E-state index in [0.29, 0.717) is 36.3 Å². The van der Waals surface area contributed by atoms with E-state index >= 15 is 0 Å². The van der Waals surface area contributed by atoms with Gasteiger partial charge in [-0.3, -0.25) is 9.59 Å². The minimum absolute atomic E-state index is 0.0192. The predicted octanol–water partition coefficient (Wildman–Crippen LogP) is 2.41. The van der Waals surface area contributed by atoms with E-state index in [4.69, 9.17) is 16.0 Å². The molecular weight excluding hydrogens is 384 g/mol. The molecule has 0 aliphatic heterocycles. The Kier molecular flexibility index (Phi) is 6.39. The van der Waals surface area contributed by atoms with E-state index in [1.807, 2.05) is 0 Å². The van der Waals surface area contributed by atoms with Crippen molar-refractivity contribution in [2.24, 2.45) is 0 Å². The Morgan fingerprint density at radius 2 is 1.89 bits per heavy atom. The van der Waals surface area contributed by atoms with Crippen molar-refractivity contribution in [2.75, 3.05) is 7.05 Å². The SMILES string of the molecule is CNC(=O)c1cc(C(=O)N[C@H]2CC[C@H](O)CC2)c(C(O)c2cccc(Cl)c2)o1. The number of carbonyl (C=O) groups excluding carboxylic acids is 2. The summed E-state index contributed by atoms with van der Waals surface area (Å²) in [4.78, 5) is 24.8. The van der Waals surface area contributed by atoms with Gasteiger partial charge >= 0.3 is 0 Å². The average Bonchev–Trinajstić information content (AvgIpc) is 3.14. The highest BCUT2D eigenvalue weighted by Gasteiger charge is 2.29. The van der Waals surface area contributed by atoms with E-state index in [-0.39, 0.29) is 29.2 Å². The fourth-order valence-corrected chi connectivity index (χ4v) is 3.53. The predicted molar refractivity (Wildman–Crippen MR) is 103 cm³/mol. The number of hydrogen-bond donors (Lipinski definition) is 4. The maximum absolute atomic E-state index is 12.8. The fourth-order valence-electron chi connectivity index (χ4n) is 3.33. The van der Waals surface area contributed by atoms with Crippen molar-refractivity contribution in [3.63, 3.8) is 0 Å². The molecule has 2 amide bonds. The van der Waals surface area contributed by atoms with Gasteiger partial charge in [0.25, 0.3) is 11.8 Å². The topological polar surface area (TPSA) is 112 Å². The fraction of sp³-hybridized carbons (Fsp3) is 0.400. The maximum atomic E-state index is 12.8. The summed E-state index contributed by atoms with van der Waals surface area (Å²) < 4.78 is 5.54. The van der Waals surface area contributed by atoms with Crippen molar-refractivity contribution >= 4 is 23.4 Å². The van der Waals surface area contributed by atoms with Gasteiger partial charge in [-0.2, -0.15) is 0 Å². The van der Waals surface area contributed by atoms with Gasteiger partial charge in [-0.05, 0) is 43.4 Å². The van der Waals surface area contributed by atoms with Crippen molar-refractivity contribution in [1.82, 2.24) is 10.6 Å². The molecule has 7 nitrogen and oxygen atoms in total. The molecule has 0 radical (unpaired) electrons. The van der Waals surface area contributed by atoms with Crippen LogP contribution in [0, 0.1) is 0 Å². The lowest BCUT2D eigenvalue weighted by atomic mass is 9.93. The third kappa shape index (κ3) is 4.55. The summed E-state index contributed by atoms with van der Waals surface area (Å²) in [5.41, 5.74) is 0.539. The molecule has 1 fully saturated rings. The summed E-state index contributed by atoms with van der Waals surface area (Å²) in [5, 5.41) is 26.2. The average molecular weight is 407 g/mol. The molecule has 1 aliphatic carbocycles. The Bertz CT molecular complexity index is 858. The van der Waals surface area contributed by atoms with E-state index < -0.39 is 17.9 Å². The number of benzene rings is 1. The molecule has 8 heteroatoms. The van der Waals surface area contributed by atoms with Crippen molar-refractivity contribution in [3.05, 3.63) is 58.0 Å². The molecule has 0 bridgehead atoms. The summed E-state index contributed by atoms with van der Waals surface area (Å²) >= 11 is 5.99. The Morgan fingerprint density at radius 3 is 2.54 bits per heavy atom. The van der Waals surface area contributed by atoms with Gasteiger partial charge in [0.05, 0.1) is 11.7 Å². The highest BCUT2D eigenvalue weighted by atomic mass is 35.5. The molecule has 1 aliphatic rings.